The predicted molar refractivity (Wildman–Crippen MR) is 76.7 cm³/mol. The Morgan fingerprint density at radius 3 is 2.90 bits per heavy atom. The minimum absolute atomic E-state index is 0.0130. The first-order chi connectivity index (χ1) is 9.99. The molecule has 0 aliphatic carbocycles. The molecule has 1 aromatic heterocycles. The number of aromatic nitrogens is 2. The van der Waals surface area contributed by atoms with Gasteiger partial charge in [0.15, 0.2) is 5.78 Å². The van der Waals surface area contributed by atoms with Gasteiger partial charge in [-0.05, 0) is 12.5 Å². The number of Topliss-reactive ketones (excluding diaryl/α,β-unsaturated/α-hetero) is 1. The Morgan fingerprint density at radius 2 is 2.29 bits per heavy atom. The van der Waals surface area contributed by atoms with Crippen molar-refractivity contribution >= 4 is 17.4 Å². The summed E-state index contributed by atoms with van der Waals surface area (Å²) in [6.07, 6.45) is 2.10. The zero-order chi connectivity index (χ0) is 15.6. The molecule has 21 heavy (non-hydrogen) atoms. The molecule has 0 radical (unpaired) electrons. The quantitative estimate of drug-likeness (QED) is 0.815. The lowest BCUT2D eigenvalue weighted by Gasteiger charge is -2.10. The molecule has 0 bridgehead atoms. The predicted octanol–water partition coefficient (Wildman–Crippen LogP) is 3.27. The molecule has 1 aromatic carbocycles. The molecule has 0 N–H and O–H groups in total. The second-order valence-electron chi connectivity index (χ2n) is 4.59. The first kappa shape index (κ1) is 15.2. The van der Waals surface area contributed by atoms with E-state index in [0.29, 0.717) is 17.7 Å². The molecular weight excluding hydrogens is 293 g/mol. The average Bonchev–Trinajstić information content (AvgIpc) is 2.85. The topological polar surface area (TPSA) is 58.7 Å². The Morgan fingerprint density at radius 1 is 1.57 bits per heavy atom. The minimum Gasteiger partial charge on any atom is -0.292 e. The summed E-state index contributed by atoms with van der Waals surface area (Å²) in [5, 5.41) is 13.3. The number of halogens is 2. The molecule has 0 saturated carbocycles. The largest absolute Gasteiger partial charge is 0.292 e. The van der Waals surface area contributed by atoms with E-state index in [1.165, 1.54) is 22.9 Å². The summed E-state index contributed by atoms with van der Waals surface area (Å²) in [4.78, 5) is 12.5. The van der Waals surface area contributed by atoms with E-state index in [1.54, 1.807) is 13.2 Å². The summed E-state index contributed by atoms with van der Waals surface area (Å²) < 4.78 is 15.6. The maximum atomic E-state index is 14.0. The summed E-state index contributed by atoms with van der Waals surface area (Å²) >= 11 is 5.72. The zero-order valence-corrected chi connectivity index (χ0v) is 12.4. The molecule has 4 nitrogen and oxygen atoms in total. The smallest absolute Gasteiger partial charge is 0.187 e. The van der Waals surface area contributed by atoms with Gasteiger partial charge in [-0.2, -0.15) is 10.4 Å². The molecule has 0 amide bonds. The highest BCUT2D eigenvalue weighted by molar-refractivity contribution is 6.30. The molecule has 1 atom stereocenters. The summed E-state index contributed by atoms with van der Waals surface area (Å²) in [7, 11) is 1.69. The van der Waals surface area contributed by atoms with Crippen molar-refractivity contribution in [3.63, 3.8) is 0 Å². The number of carbonyl (C=O) groups is 1. The van der Waals surface area contributed by atoms with Gasteiger partial charge in [-0.3, -0.25) is 9.48 Å². The molecule has 2 rings (SSSR count). The van der Waals surface area contributed by atoms with Gasteiger partial charge in [-0.25, -0.2) is 4.39 Å². The number of hydrogen-bond donors (Lipinski definition) is 0. The van der Waals surface area contributed by atoms with Crippen LogP contribution in [-0.2, 0) is 13.5 Å². The third-order valence-corrected chi connectivity index (χ3v) is 3.48. The van der Waals surface area contributed by atoms with Crippen molar-refractivity contribution in [3.8, 4) is 6.07 Å². The first-order valence-electron chi connectivity index (χ1n) is 6.39. The minimum atomic E-state index is -1.24. The number of aryl methyl sites for hydroxylation is 2. The van der Waals surface area contributed by atoms with Crippen LogP contribution in [0.5, 0.6) is 0 Å². The monoisotopic (exact) mass is 305 g/mol. The van der Waals surface area contributed by atoms with E-state index < -0.39 is 17.5 Å². The molecular formula is C15H13ClFN3O. The van der Waals surface area contributed by atoms with E-state index >= 15 is 0 Å². The molecule has 2 aromatic rings. The standard InChI is InChI=1S/C15H13ClFN3O/c1-3-13-11(8-20(2)19-13)15(21)10(7-18)9-5-4-6-12(16)14(9)17/h4-6,8,10H,3H2,1-2H3. The van der Waals surface area contributed by atoms with Gasteiger partial charge in [0.1, 0.15) is 11.7 Å². The zero-order valence-electron chi connectivity index (χ0n) is 11.6. The molecule has 108 valence electrons. The van der Waals surface area contributed by atoms with Crippen molar-refractivity contribution in [1.82, 2.24) is 9.78 Å². The van der Waals surface area contributed by atoms with Crippen LogP contribution < -0.4 is 0 Å². The van der Waals surface area contributed by atoms with Crippen LogP contribution in [-0.4, -0.2) is 15.6 Å². The highest BCUT2D eigenvalue weighted by Gasteiger charge is 2.28. The Balaban J connectivity index is 2.49. The third-order valence-electron chi connectivity index (χ3n) is 3.19. The van der Waals surface area contributed by atoms with Gasteiger partial charge < -0.3 is 0 Å². The second-order valence-corrected chi connectivity index (χ2v) is 4.99. The Hall–Kier alpha value is -2.19. The van der Waals surface area contributed by atoms with Crippen molar-refractivity contribution < 1.29 is 9.18 Å². The highest BCUT2D eigenvalue weighted by Crippen LogP contribution is 2.28. The van der Waals surface area contributed by atoms with Crippen LogP contribution >= 0.6 is 11.6 Å². The van der Waals surface area contributed by atoms with Gasteiger partial charge in [0.25, 0.3) is 0 Å². The van der Waals surface area contributed by atoms with Crippen LogP contribution in [0.2, 0.25) is 5.02 Å². The summed E-state index contributed by atoms with van der Waals surface area (Å²) in [5.41, 5.74) is 0.914. The fraction of sp³-hybridized carbons (Fsp3) is 0.267. The van der Waals surface area contributed by atoms with E-state index in [2.05, 4.69) is 5.10 Å². The van der Waals surface area contributed by atoms with Crippen LogP contribution in [0.15, 0.2) is 24.4 Å². The van der Waals surface area contributed by atoms with Crippen LogP contribution in [0.25, 0.3) is 0 Å². The molecule has 6 heteroatoms. The van der Waals surface area contributed by atoms with Gasteiger partial charge in [0.2, 0.25) is 0 Å². The molecule has 0 spiro atoms. The Labute approximate surface area is 126 Å². The number of rotatable bonds is 4. The lowest BCUT2D eigenvalue weighted by molar-refractivity contribution is 0.0976. The SMILES string of the molecule is CCc1nn(C)cc1C(=O)C(C#N)c1cccc(Cl)c1F. The summed E-state index contributed by atoms with van der Waals surface area (Å²) in [5.74, 6) is -2.44. The maximum absolute atomic E-state index is 14.0. The van der Waals surface area contributed by atoms with Crippen LogP contribution in [0.3, 0.4) is 0 Å². The normalized spacial score (nSPS) is 12.0. The lowest BCUT2D eigenvalue weighted by atomic mass is 9.91. The number of carbonyl (C=O) groups excluding carboxylic acids is 1. The van der Waals surface area contributed by atoms with Crippen molar-refractivity contribution in [2.75, 3.05) is 0 Å². The van der Waals surface area contributed by atoms with E-state index in [0.717, 1.165) is 0 Å². The molecule has 0 aliphatic rings. The summed E-state index contributed by atoms with van der Waals surface area (Å²) in [6, 6.07) is 6.15. The number of nitriles is 1. The van der Waals surface area contributed by atoms with Crippen molar-refractivity contribution in [1.29, 1.82) is 5.26 Å². The highest BCUT2D eigenvalue weighted by atomic mass is 35.5. The van der Waals surface area contributed by atoms with Crippen LogP contribution in [0.1, 0.15) is 34.5 Å². The van der Waals surface area contributed by atoms with Gasteiger partial charge in [-0.15, -0.1) is 0 Å². The van der Waals surface area contributed by atoms with E-state index in [-0.39, 0.29) is 10.6 Å². The van der Waals surface area contributed by atoms with Crippen LogP contribution in [0.4, 0.5) is 4.39 Å². The Kier molecular flexibility index (Phi) is 4.39. The number of ketones is 1. The lowest BCUT2D eigenvalue weighted by Crippen LogP contribution is -2.14. The van der Waals surface area contributed by atoms with E-state index in [1.807, 2.05) is 13.0 Å². The van der Waals surface area contributed by atoms with Gasteiger partial charge in [0.05, 0.1) is 22.3 Å². The fourth-order valence-electron chi connectivity index (χ4n) is 2.17. The fourth-order valence-corrected chi connectivity index (χ4v) is 2.35. The molecule has 0 aliphatic heterocycles. The van der Waals surface area contributed by atoms with Crippen molar-refractivity contribution in [3.05, 3.63) is 52.1 Å². The maximum Gasteiger partial charge on any atom is 0.187 e. The molecule has 0 saturated heterocycles. The molecule has 0 fully saturated rings. The number of benzene rings is 1. The van der Waals surface area contributed by atoms with Gasteiger partial charge >= 0.3 is 0 Å². The second kappa shape index (κ2) is 6.06. The average molecular weight is 306 g/mol. The third kappa shape index (κ3) is 2.81. The number of hydrogen-bond acceptors (Lipinski definition) is 3. The summed E-state index contributed by atoms with van der Waals surface area (Å²) in [6.45, 7) is 1.86. The van der Waals surface area contributed by atoms with E-state index in [9.17, 15) is 14.4 Å². The van der Waals surface area contributed by atoms with Crippen molar-refractivity contribution in [2.24, 2.45) is 7.05 Å². The first-order valence-corrected chi connectivity index (χ1v) is 6.77. The number of nitrogens with zero attached hydrogens (tertiary/aromatic N) is 3. The van der Waals surface area contributed by atoms with E-state index in [4.69, 9.17) is 11.6 Å². The Bertz CT molecular complexity index is 733. The molecule has 1 heterocycles. The van der Waals surface area contributed by atoms with Crippen molar-refractivity contribution in [2.45, 2.75) is 19.3 Å². The van der Waals surface area contributed by atoms with Gasteiger partial charge in [-0.1, -0.05) is 30.7 Å². The van der Waals surface area contributed by atoms with Crippen LogP contribution in [0, 0.1) is 17.1 Å². The molecule has 1 unspecified atom stereocenters. The van der Waals surface area contributed by atoms with Gasteiger partial charge in [0, 0.05) is 18.8 Å².